The highest BCUT2D eigenvalue weighted by molar-refractivity contribution is 7.91. The van der Waals surface area contributed by atoms with E-state index in [0.717, 1.165) is 0 Å². The zero-order chi connectivity index (χ0) is 12.3. The summed E-state index contributed by atoms with van der Waals surface area (Å²) < 4.78 is 19.6. The molecule has 0 amide bonds. The molecule has 0 aliphatic carbocycles. The molecule has 0 atom stereocenters. The summed E-state index contributed by atoms with van der Waals surface area (Å²) in [5.41, 5.74) is 0. The molecule has 0 bridgehead atoms. The monoisotopic (exact) mass is 354 g/mol. The van der Waals surface area contributed by atoms with Crippen molar-refractivity contribution >= 4 is 79.4 Å². The first-order chi connectivity index (χ1) is 6.41. The molecule has 0 saturated heterocycles. The predicted octanol–water partition coefficient (Wildman–Crippen LogP) is 3.92. The molecule has 92 valence electrons. The molecule has 0 fully saturated rings. The minimum atomic E-state index is -3.35. The fourth-order valence-electron chi connectivity index (χ4n) is 0.645. The van der Waals surface area contributed by atoms with Gasteiger partial charge < -0.3 is 0 Å². The van der Waals surface area contributed by atoms with E-state index in [1.165, 1.54) is 0 Å². The number of sulfone groups is 1. The van der Waals surface area contributed by atoms with Crippen LogP contribution in [0.4, 0.5) is 0 Å². The van der Waals surface area contributed by atoms with Gasteiger partial charge in [-0.25, -0.2) is 8.42 Å². The molecule has 0 aromatic heterocycles. The maximum absolute atomic E-state index is 11.4. The third kappa shape index (κ3) is 11.9. The first-order valence-corrected chi connectivity index (χ1v) is 7.84. The van der Waals surface area contributed by atoms with Gasteiger partial charge in [-0.1, -0.05) is 69.6 Å². The Morgan fingerprint density at radius 1 is 0.733 bits per heavy atom. The number of alkyl halides is 6. The van der Waals surface area contributed by atoms with Gasteiger partial charge in [0.15, 0.2) is 17.4 Å². The number of rotatable bonds is 4. The zero-order valence-corrected chi connectivity index (χ0v) is 12.7. The van der Waals surface area contributed by atoms with Crippen molar-refractivity contribution in [3.05, 3.63) is 0 Å². The van der Waals surface area contributed by atoms with E-state index >= 15 is 0 Å². The van der Waals surface area contributed by atoms with Crippen molar-refractivity contribution in [1.82, 2.24) is 0 Å². The normalized spacial score (nSPS) is 14.3. The summed E-state index contributed by atoms with van der Waals surface area (Å²) in [7, 11) is -3.35. The summed E-state index contributed by atoms with van der Waals surface area (Å²) in [4.78, 5) is 0. The number of hydrogen-bond acceptors (Lipinski definition) is 2. The van der Waals surface area contributed by atoms with Gasteiger partial charge in [0.05, 0.1) is 11.5 Å². The van der Waals surface area contributed by atoms with Crippen molar-refractivity contribution in [3.63, 3.8) is 0 Å². The molecule has 0 aliphatic rings. The van der Waals surface area contributed by atoms with Crippen molar-refractivity contribution in [2.75, 3.05) is 11.5 Å². The van der Waals surface area contributed by atoms with Crippen LogP contribution in [0.5, 0.6) is 0 Å². The number of halogens is 6. The Labute approximate surface area is 119 Å². The maximum atomic E-state index is 11.4. The molecule has 0 unspecified atom stereocenters. The van der Waals surface area contributed by atoms with Crippen LogP contribution in [-0.4, -0.2) is 27.5 Å². The topological polar surface area (TPSA) is 34.1 Å². The van der Waals surface area contributed by atoms with E-state index in [2.05, 4.69) is 0 Å². The first-order valence-electron chi connectivity index (χ1n) is 3.75. The Morgan fingerprint density at radius 2 is 1.00 bits per heavy atom. The average molecular weight is 357 g/mol. The Hall–Kier alpha value is 1.69. The third-order valence-corrected chi connectivity index (χ3v) is 4.18. The summed E-state index contributed by atoms with van der Waals surface area (Å²) in [6.45, 7) is 0. The molecule has 0 spiro atoms. The Balaban J connectivity index is 4.11. The average Bonchev–Trinajstić information content (AvgIpc) is 1.96. The molecule has 0 aromatic carbocycles. The van der Waals surface area contributed by atoms with Gasteiger partial charge in [-0.2, -0.15) is 0 Å². The Morgan fingerprint density at radius 3 is 1.20 bits per heavy atom. The van der Waals surface area contributed by atoms with Crippen LogP contribution in [0.1, 0.15) is 12.8 Å². The molecule has 15 heavy (non-hydrogen) atoms. The van der Waals surface area contributed by atoms with Gasteiger partial charge in [0.2, 0.25) is 0 Å². The molecule has 0 radical (unpaired) electrons. The molecular weight excluding hydrogens is 349 g/mol. The van der Waals surface area contributed by atoms with Crippen LogP contribution < -0.4 is 0 Å². The van der Waals surface area contributed by atoms with Gasteiger partial charge in [0.25, 0.3) is 0 Å². The minimum Gasteiger partial charge on any atom is -0.229 e. The van der Waals surface area contributed by atoms with Crippen molar-refractivity contribution in [2.24, 2.45) is 0 Å². The summed E-state index contributed by atoms with van der Waals surface area (Å²) >= 11 is 32.5. The second-order valence-electron chi connectivity index (χ2n) is 2.88. The third-order valence-electron chi connectivity index (χ3n) is 1.39. The SMILES string of the molecule is O=S(=O)(CCC(Cl)(Cl)Cl)CCC(Cl)(Cl)Cl. The lowest BCUT2D eigenvalue weighted by Gasteiger charge is -2.13. The van der Waals surface area contributed by atoms with Crippen molar-refractivity contribution in [1.29, 1.82) is 0 Å². The van der Waals surface area contributed by atoms with E-state index in [0.29, 0.717) is 0 Å². The largest absolute Gasteiger partial charge is 0.229 e. The van der Waals surface area contributed by atoms with Crippen LogP contribution in [0.25, 0.3) is 0 Å². The maximum Gasteiger partial charge on any atom is 0.191 e. The highest BCUT2D eigenvalue weighted by atomic mass is 35.6. The van der Waals surface area contributed by atoms with Gasteiger partial charge in [0, 0.05) is 12.8 Å². The smallest absolute Gasteiger partial charge is 0.191 e. The first kappa shape index (κ1) is 16.7. The summed E-state index contributed by atoms with van der Waals surface area (Å²) in [6, 6.07) is 0. The van der Waals surface area contributed by atoms with Crippen molar-refractivity contribution in [2.45, 2.75) is 20.4 Å². The van der Waals surface area contributed by atoms with E-state index in [1.54, 1.807) is 0 Å². The molecule has 9 heteroatoms. The van der Waals surface area contributed by atoms with E-state index in [9.17, 15) is 8.42 Å². The van der Waals surface area contributed by atoms with Gasteiger partial charge in [-0.15, -0.1) is 0 Å². The van der Waals surface area contributed by atoms with Crippen LogP contribution in [0.3, 0.4) is 0 Å². The molecule has 0 saturated carbocycles. The molecule has 0 rings (SSSR count). The van der Waals surface area contributed by atoms with Crippen LogP contribution in [0, 0.1) is 0 Å². The lowest BCUT2D eigenvalue weighted by Crippen LogP contribution is -2.19. The van der Waals surface area contributed by atoms with Gasteiger partial charge in [0.1, 0.15) is 0 Å². The highest BCUT2D eigenvalue weighted by Crippen LogP contribution is 2.32. The second-order valence-corrected chi connectivity index (χ2v) is 10.2. The van der Waals surface area contributed by atoms with Crippen molar-refractivity contribution < 1.29 is 8.42 Å². The molecule has 2 nitrogen and oxygen atoms in total. The van der Waals surface area contributed by atoms with Crippen LogP contribution >= 0.6 is 69.6 Å². The van der Waals surface area contributed by atoms with E-state index < -0.39 is 17.4 Å². The lowest BCUT2D eigenvalue weighted by atomic mass is 10.5. The van der Waals surface area contributed by atoms with Crippen molar-refractivity contribution in [3.8, 4) is 0 Å². The van der Waals surface area contributed by atoms with Crippen LogP contribution in [0.2, 0.25) is 0 Å². The lowest BCUT2D eigenvalue weighted by molar-refractivity contribution is 0.591. The van der Waals surface area contributed by atoms with E-state index in [4.69, 9.17) is 69.6 Å². The Kier molecular flexibility index (Phi) is 6.71. The zero-order valence-electron chi connectivity index (χ0n) is 7.32. The quantitative estimate of drug-likeness (QED) is 0.715. The number of hydrogen-bond donors (Lipinski definition) is 0. The van der Waals surface area contributed by atoms with Crippen LogP contribution in [0.15, 0.2) is 0 Å². The second kappa shape index (κ2) is 6.03. The molecular formula is C6H8Cl6O2S. The fourth-order valence-corrected chi connectivity index (χ4v) is 3.32. The highest BCUT2D eigenvalue weighted by Gasteiger charge is 2.27. The van der Waals surface area contributed by atoms with Gasteiger partial charge >= 0.3 is 0 Å². The summed E-state index contributed by atoms with van der Waals surface area (Å²) in [5.74, 6) is -0.492. The van der Waals surface area contributed by atoms with E-state index in [1.807, 2.05) is 0 Å². The molecule has 0 aromatic rings. The van der Waals surface area contributed by atoms with Crippen LogP contribution in [-0.2, 0) is 9.84 Å². The molecule has 0 N–H and O–H groups in total. The predicted molar refractivity (Wildman–Crippen MR) is 68.5 cm³/mol. The Bertz CT molecular complexity index is 264. The van der Waals surface area contributed by atoms with Gasteiger partial charge in [-0.05, 0) is 0 Å². The molecule has 0 aliphatic heterocycles. The molecule has 0 heterocycles. The summed E-state index contributed by atoms with van der Waals surface area (Å²) in [6.07, 6.45) is -0.167. The van der Waals surface area contributed by atoms with Gasteiger partial charge in [-0.3, -0.25) is 0 Å². The van der Waals surface area contributed by atoms with E-state index in [-0.39, 0.29) is 24.3 Å². The minimum absolute atomic E-state index is 0.0835. The summed E-state index contributed by atoms with van der Waals surface area (Å²) in [5, 5.41) is 0. The standard InChI is InChI=1S/C6H8Cl6O2S/c7-5(8,9)1-3-15(13,14)4-2-6(10,11)12/h1-4H2. The fraction of sp³-hybridized carbons (Fsp3) is 1.00.